The van der Waals surface area contributed by atoms with Crippen molar-refractivity contribution in [3.63, 3.8) is 0 Å². The van der Waals surface area contributed by atoms with Gasteiger partial charge in [0.25, 0.3) is 5.91 Å². The maximum Gasteiger partial charge on any atom is 0.252 e. The maximum atomic E-state index is 12.8. The van der Waals surface area contributed by atoms with Crippen LogP contribution in [0.3, 0.4) is 0 Å². The monoisotopic (exact) mass is 483 g/mol. The number of rotatable bonds is 8. The standard InChI is InChI=1S/C21H26ClN3O4S2/c1-4-24(5-2)18(19-7-6-10-30-19)12-23-20(26)16-9-8-15(11-17(16)22)25-21(27)14(3)13-31(25,28)29/h6-11,14,18H,4-5,12-13H2,1-3H3,(H,23,26). The average Bonchev–Trinajstić information content (AvgIpc) is 3.31. The first-order valence-electron chi connectivity index (χ1n) is 10.1. The zero-order valence-corrected chi connectivity index (χ0v) is 20.1. The molecule has 0 radical (unpaired) electrons. The van der Waals surface area contributed by atoms with Crippen molar-refractivity contribution in [3.05, 3.63) is 51.2 Å². The highest BCUT2D eigenvalue weighted by Gasteiger charge is 2.42. The van der Waals surface area contributed by atoms with Gasteiger partial charge in [-0.3, -0.25) is 14.5 Å². The molecule has 1 fully saturated rings. The van der Waals surface area contributed by atoms with Gasteiger partial charge in [0.2, 0.25) is 15.9 Å². The SMILES string of the molecule is CCN(CC)C(CNC(=O)c1ccc(N2C(=O)C(C)CS2(=O)=O)cc1Cl)c1cccs1. The molecule has 0 saturated carbocycles. The van der Waals surface area contributed by atoms with E-state index >= 15 is 0 Å². The van der Waals surface area contributed by atoms with Crippen molar-refractivity contribution in [1.82, 2.24) is 10.2 Å². The van der Waals surface area contributed by atoms with E-state index in [1.807, 2.05) is 11.4 Å². The van der Waals surface area contributed by atoms with Gasteiger partial charge in [0.05, 0.1) is 34.0 Å². The number of benzene rings is 1. The van der Waals surface area contributed by atoms with Crippen molar-refractivity contribution in [3.8, 4) is 0 Å². The van der Waals surface area contributed by atoms with Crippen LogP contribution in [0.15, 0.2) is 35.7 Å². The summed E-state index contributed by atoms with van der Waals surface area (Å²) >= 11 is 7.95. The molecule has 1 aliphatic heterocycles. The quantitative estimate of drug-likeness (QED) is 0.620. The van der Waals surface area contributed by atoms with E-state index in [1.165, 1.54) is 18.2 Å². The molecule has 1 aromatic carbocycles. The molecule has 0 bridgehead atoms. The summed E-state index contributed by atoms with van der Waals surface area (Å²) in [4.78, 5) is 28.5. The molecule has 1 aliphatic rings. The largest absolute Gasteiger partial charge is 0.350 e. The summed E-state index contributed by atoms with van der Waals surface area (Å²) in [5, 5.41) is 5.04. The number of amides is 2. The lowest BCUT2D eigenvalue weighted by molar-refractivity contribution is -0.119. The van der Waals surface area contributed by atoms with Crippen molar-refractivity contribution < 1.29 is 18.0 Å². The molecule has 2 unspecified atom stereocenters. The lowest BCUT2D eigenvalue weighted by Crippen LogP contribution is -2.37. The van der Waals surface area contributed by atoms with Gasteiger partial charge in [0.15, 0.2) is 0 Å². The molecule has 1 aromatic heterocycles. The number of carbonyl (C=O) groups excluding carboxylic acids is 2. The molecule has 1 saturated heterocycles. The van der Waals surface area contributed by atoms with Crippen LogP contribution >= 0.6 is 22.9 Å². The predicted molar refractivity (Wildman–Crippen MR) is 124 cm³/mol. The summed E-state index contributed by atoms with van der Waals surface area (Å²) in [6.07, 6.45) is 0. The van der Waals surface area contributed by atoms with Crippen LogP contribution in [0.5, 0.6) is 0 Å². The molecule has 1 N–H and O–H groups in total. The third kappa shape index (κ3) is 4.95. The number of halogens is 1. The Hall–Kier alpha value is -1.94. The maximum absolute atomic E-state index is 12.8. The number of carbonyl (C=O) groups is 2. The van der Waals surface area contributed by atoms with E-state index in [2.05, 4.69) is 30.1 Å². The second-order valence-corrected chi connectivity index (χ2v) is 10.7. The summed E-state index contributed by atoms with van der Waals surface area (Å²) < 4.78 is 25.4. The van der Waals surface area contributed by atoms with E-state index in [0.29, 0.717) is 6.54 Å². The Bertz CT molecular complexity index is 1050. The highest BCUT2D eigenvalue weighted by Crippen LogP contribution is 2.31. The number of thiophene rings is 1. The van der Waals surface area contributed by atoms with Gasteiger partial charge < -0.3 is 5.32 Å². The normalized spacial score (nSPS) is 19.1. The Kier molecular flexibility index (Phi) is 7.41. The minimum Gasteiger partial charge on any atom is -0.350 e. The van der Waals surface area contributed by atoms with Crippen molar-refractivity contribution in [2.24, 2.45) is 5.92 Å². The molecular weight excluding hydrogens is 458 g/mol. The van der Waals surface area contributed by atoms with Crippen molar-refractivity contribution in [1.29, 1.82) is 0 Å². The van der Waals surface area contributed by atoms with E-state index < -0.39 is 21.8 Å². The van der Waals surface area contributed by atoms with Crippen LogP contribution in [0.2, 0.25) is 5.02 Å². The number of hydrogen-bond donors (Lipinski definition) is 1. The molecule has 2 aromatic rings. The fraction of sp³-hybridized carbons (Fsp3) is 0.429. The number of hydrogen-bond acceptors (Lipinski definition) is 6. The molecule has 3 rings (SSSR count). The number of nitrogens with one attached hydrogen (secondary N) is 1. The molecule has 168 valence electrons. The average molecular weight is 484 g/mol. The Labute approximate surface area is 192 Å². The second-order valence-electron chi connectivity index (χ2n) is 7.41. The zero-order chi connectivity index (χ0) is 22.8. The van der Waals surface area contributed by atoms with Gasteiger partial charge in [-0.25, -0.2) is 12.7 Å². The topological polar surface area (TPSA) is 86.8 Å². The van der Waals surface area contributed by atoms with Gasteiger partial charge in [0.1, 0.15) is 0 Å². The van der Waals surface area contributed by atoms with Crippen molar-refractivity contribution in [2.45, 2.75) is 26.8 Å². The second kappa shape index (κ2) is 9.68. The first-order valence-corrected chi connectivity index (χ1v) is 13.0. The lowest BCUT2D eigenvalue weighted by Gasteiger charge is -2.29. The molecule has 10 heteroatoms. The van der Waals surface area contributed by atoms with Crippen molar-refractivity contribution in [2.75, 3.05) is 29.7 Å². The highest BCUT2D eigenvalue weighted by molar-refractivity contribution is 7.94. The molecule has 2 heterocycles. The summed E-state index contributed by atoms with van der Waals surface area (Å²) in [5.41, 5.74) is 0.377. The van der Waals surface area contributed by atoms with E-state index in [4.69, 9.17) is 11.6 Å². The summed E-state index contributed by atoms with van der Waals surface area (Å²) in [6.45, 7) is 7.84. The summed E-state index contributed by atoms with van der Waals surface area (Å²) in [6, 6.07) is 8.33. The highest BCUT2D eigenvalue weighted by atomic mass is 35.5. The number of nitrogens with zero attached hydrogens (tertiary/aromatic N) is 2. The first kappa shape index (κ1) is 23.7. The Morgan fingerprint density at radius 1 is 1.32 bits per heavy atom. The predicted octanol–water partition coefficient (Wildman–Crippen LogP) is 3.53. The minimum atomic E-state index is -3.73. The van der Waals surface area contributed by atoms with Crippen LogP contribution in [0.25, 0.3) is 0 Å². The Balaban J connectivity index is 1.77. The van der Waals surface area contributed by atoms with Crippen molar-refractivity contribution >= 4 is 50.5 Å². The van der Waals surface area contributed by atoms with Gasteiger partial charge in [0, 0.05) is 11.4 Å². The fourth-order valence-electron chi connectivity index (χ4n) is 3.74. The van der Waals surface area contributed by atoms with Gasteiger partial charge in [-0.15, -0.1) is 11.3 Å². The number of anilines is 1. The van der Waals surface area contributed by atoms with Crippen LogP contribution in [0.4, 0.5) is 5.69 Å². The van der Waals surface area contributed by atoms with Crippen LogP contribution < -0.4 is 9.62 Å². The van der Waals surface area contributed by atoms with Gasteiger partial charge in [-0.05, 0) is 42.7 Å². The molecule has 7 nitrogen and oxygen atoms in total. The molecule has 2 amide bonds. The molecule has 0 spiro atoms. The van der Waals surface area contributed by atoms with Crippen LogP contribution in [0, 0.1) is 5.92 Å². The van der Waals surface area contributed by atoms with E-state index in [1.54, 1.807) is 18.3 Å². The molecule has 2 atom stereocenters. The van der Waals surface area contributed by atoms with Crippen LogP contribution in [-0.4, -0.2) is 50.5 Å². The summed E-state index contributed by atoms with van der Waals surface area (Å²) in [7, 11) is -3.73. The van der Waals surface area contributed by atoms with E-state index in [9.17, 15) is 18.0 Å². The molecular formula is C21H26ClN3O4S2. The lowest BCUT2D eigenvalue weighted by atomic mass is 10.1. The number of likely N-dealkylation sites (N-methyl/N-ethyl adjacent to an activating group) is 1. The smallest absolute Gasteiger partial charge is 0.252 e. The summed E-state index contributed by atoms with van der Waals surface area (Å²) in [5.74, 6) is -1.69. The fourth-order valence-corrected chi connectivity index (χ4v) is 6.67. The van der Waals surface area contributed by atoms with Gasteiger partial charge in [-0.2, -0.15) is 0 Å². The van der Waals surface area contributed by atoms with Gasteiger partial charge >= 0.3 is 0 Å². The molecule has 31 heavy (non-hydrogen) atoms. The minimum absolute atomic E-state index is 0.0471. The molecule has 0 aliphatic carbocycles. The number of sulfonamides is 1. The Morgan fingerprint density at radius 3 is 2.55 bits per heavy atom. The van der Waals surface area contributed by atoms with E-state index in [-0.39, 0.29) is 34.0 Å². The van der Waals surface area contributed by atoms with Crippen LogP contribution in [-0.2, 0) is 14.8 Å². The third-order valence-corrected chi connectivity index (χ3v) is 8.53. The van der Waals surface area contributed by atoms with Gasteiger partial charge in [-0.1, -0.05) is 38.4 Å². The Morgan fingerprint density at radius 2 is 2.03 bits per heavy atom. The zero-order valence-electron chi connectivity index (χ0n) is 17.7. The van der Waals surface area contributed by atoms with E-state index in [0.717, 1.165) is 22.3 Å². The first-order chi connectivity index (χ1) is 14.7. The van der Waals surface area contributed by atoms with Crippen LogP contribution in [0.1, 0.15) is 42.0 Å². The third-order valence-electron chi connectivity index (χ3n) is 5.37.